The van der Waals surface area contributed by atoms with Crippen molar-refractivity contribution in [3.05, 3.63) is 38.9 Å². The lowest BCUT2D eigenvalue weighted by molar-refractivity contribution is 0.0925. The van der Waals surface area contributed by atoms with Crippen LogP contribution in [0.2, 0.25) is 0 Å². The van der Waals surface area contributed by atoms with Gasteiger partial charge in [0.25, 0.3) is 11.5 Å². The Kier molecular flexibility index (Phi) is 6.28. The summed E-state index contributed by atoms with van der Waals surface area (Å²) in [6, 6.07) is 4.94. The Morgan fingerprint density at radius 3 is 2.88 bits per heavy atom. The second-order valence-electron chi connectivity index (χ2n) is 6.13. The van der Waals surface area contributed by atoms with Gasteiger partial charge in [0.05, 0.1) is 10.9 Å². The molecule has 0 radical (unpaired) electrons. The third-order valence-corrected chi connectivity index (χ3v) is 3.94. The molecule has 0 saturated carbocycles. The summed E-state index contributed by atoms with van der Waals surface area (Å²) in [5.74, 6) is 0.330. The Bertz CT molecular complexity index is 839. The number of benzene rings is 1. The highest BCUT2D eigenvalue weighted by Gasteiger charge is 2.09. The number of aromatic nitrogens is 2. The van der Waals surface area contributed by atoms with Gasteiger partial charge in [-0.15, -0.1) is 0 Å². The molecule has 0 saturated heterocycles. The smallest absolute Gasteiger partial charge is 0.261 e. The van der Waals surface area contributed by atoms with E-state index >= 15 is 0 Å². The standard InChI is InChI=1S/C17H23N3O3S/c1-11(2)10-23-8-4-7-18-15(21)12-5-6-13-14(9-12)19-17(24)20(3)16(13)22/h5-6,9,11H,4,7-8,10H2,1-3H3,(H,18,21)(H,19,24). The number of carbonyl (C=O) groups excluding carboxylic acids is 1. The monoisotopic (exact) mass is 349 g/mol. The van der Waals surface area contributed by atoms with Crippen LogP contribution >= 0.6 is 12.2 Å². The van der Waals surface area contributed by atoms with Gasteiger partial charge in [0.15, 0.2) is 4.77 Å². The molecule has 0 atom stereocenters. The number of fused-ring (bicyclic) bond motifs is 1. The van der Waals surface area contributed by atoms with Gasteiger partial charge < -0.3 is 15.0 Å². The number of aromatic amines is 1. The van der Waals surface area contributed by atoms with Crippen LogP contribution in [0.3, 0.4) is 0 Å². The Labute approximate surface area is 145 Å². The highest BCUT2D eigenvalue weighted by Crippen LogP contribution is 2.10. The Morgan fingerprint density at radius 1 is 1.42 bits per heavy atom. The summed E-state index contributed by atoms with van der Waals surface area (Å²) in [7, 11) is 1.61. The average molecular weight is 349 g/mol. The molecule has 2 rings (SSSR count). The molecule has 0 bridgehead atoms. The van der Waals surface area contributed by atoms with E-state index in [1.165, 1.54) is 4.57 Å². The number of nitrogens with one attached hydrogen (secondary N) is 2. The van der Waals surface area contributed by atoms with Crippen LogP contribution in [0.5, 0.6) is 0 Å². The molecule has 0 unspecified atom stereocenters. The minimum atomic E-state index is -0.180. The first-order valence-corrected chi connectivity index (χ1v) is 8.40. The summed E-state index contributed by atoms with van der Waals surface area (Å²) < 4.78 is 7.17. The SMILES string of the molecule is CC(C)COCCCNC(=O)c1ccc2c(=O)n(C)c(=S)[nH]c2c1. The molecule has 0 fully saturated rings. The summed E-state index contributed by atoms with van der Waals surface area (Å²) in [6.45, 7) is 6.09. The van der Waals surface area contributed by atoms with Gasteiger partial charge in [0.1, 0.15) is 0 Å². The number of amides is 1. The van der Waals surface area contributed by atoms with E-state index < -0.39 is 0 Å². The highest BCUT2D eigenvalue weighted by molar-refractivity contribution is 7.71. The molecule has 1 aromatic heterocycles. The van der Waals surface area contributed by atoms with Gasteiger partial charge in [-0.25, -0.2) is 0 Å². The van der Waals surface area contributed by atoms with Crippen LogP contribution in [0, 0.1) is 10.7 Å². The van der Waals surface area contributed by atoms with E-state index in [1.54, 1.807) is 25.2 Å². The normalized spacial score (nSPS) is 11.2. The second kappa shape index (κ2) is 8.21. The predicted molar refractivity (Wildman–Crippen MR) is 97.0 cm³/mol. The number of rotatable bonds is 7. The number of H-pyrrole nitrogens is 1. The Balaban J connectivity index is 1.99. The number of hydrogen-bond donors (Lipinski definition) is 2. The lowest BCUT2D eigenvalue weighted by atomic mass is 10.1. The predicted octanol–water partition coefficient (Wildman–Crippen LogP) is 2.39. The van der Waals surface area contributed by atoms with Crippen LogP contribution in [0.15, 0.2) is 23.0 Å². The minimum absolute atomic E-state index is 0.178. The van der Waals surface area contributed by atoms with Crippen molar-refractivity contribution in [3.63, 3.8) is 0 Å². The van der Waals surface area contributed by atoms with Gasteiger partial charge in [-0.3, -0.25) is 14.2 Å². The maximum absolute atomic E-state index is 12.2. The van der Waals surface area contributed by atoms with Gasteiger partial charge in [-0.1, -0.05) is 13.8 Å². The molecule has 1 aromatic carbocycles. The van der Waals surface area contributed by atoms with Crippen molar-refractivity contribution in [1.29, 1.82) is 0 Å². The summed E-state index contributed by atoms with van der Waals surface area (Å²) in [5, 5.41) is 3.35. The molecule has 7 heteroatoms. The van der Waals surface area contributed by atoms with Gasteiger partial charge in [-0.2, -0.15) is 0 Å². The van der Waals surface area contributed by atoms with E-state index in [0.717, 1.165) is 13.0 Å². The third kappa shape index (κ3) is 4.52. The maximum atomic E-state index is 12.2. The molecule has 130 valence electrons. The number of nitrogens with zero attached hydrogens (tertiary/aromatic N) is 1. The fourth-order valence-electron chi connectivity index (χ4n) is 2.24. The van der Waals surface area contributed by atoms with Crippen molar-refractivity contribution in [1.82, 2.24) is 14.9 Å². The molecule has 24 heavy (non-hydrogen) atoms. The summed E-state index contributed by atoms with van der Waals surface area (Å²) in [4.78, 5) is 27.3. The van der Waals surface area contributed by atoms with Crippen molar-refractivity contribution >= 4 is 29.0 Å². The van der Waals surface area contributed by atoms with Crippen LogP contribution in [-0.4, -0.2) is 35.2 Å². The third-order valence-electron chi connectivity index (χ3n) is 3.57. The summed E-state index contributed by atoms with van der Waals surface area (Å²) in [6.07, 6.45) is 0.759. The lowest BCUT2D eigenvalue weighted by Gasteiger charge is -2.08. The summed E-state index contributed by atoms with van der Waals surface area (Å²) in [5.41, 5.74) is 0.878. The van der Waals surface area contributed by atoms with Gasteiger partial charge in [0, 0.05) is 32.4 Å². The zero-order chi connectivity index (χ0) is 17.7. The molecule has 0 spiro atoms. The molecule has 0 aliphatic rings. The molecule has 0 aliphatic carbocycles. The van der Waals surface area contributed by atoms with Crippen LogP contribution < -0.4 is 10.9 Å². The van der Waals surface area contributed by atoms with E-state index in [2.05, 4.69) is 24.1 Å². The fraction of sp³-hybridized carbons (Fsp3) is 0.471. The quantitative estimate of drug-likeness (QED) is 0.594. The van der Waals surface area contributed by atoms with Crippen LogP contribution in [0.25, 0.3) is 10.9 Å². The molecule has 1 amide bonds. The van der Waals surface area contributed by atoms with E-state index in [4.69, 9.17) is 17.0 Å². The van der Waals surface area contributed by atoms with Crippen LogP contribution in [0.4, 0.5) is 0 Å². The largest absolute Gasteiger partial charge is 0.381 e. The maximum Gasteiger partial charge on any atom is 0.261 e. The Hall–Kier alpha value is -1.99. The van der Waals surface area contributed by atoms with E-state index in [1.807, 2.05) is 0 Å². The summed E-state index contributed by atoms with van der Waals surface area (Å²) >= 11 is 5.10. The van der Waals surface area contributed by atoms with Crippen molar-refractivity contribution in [2.24, 2.45) is 13.0 Å². The van der Waals surface area contributed by atoms with Gasteiger partial charge in [0.2, 0.25) is 0 Å². The number of ether oxygens (including phenoxy) is 1. The molecule has 0 aliphatic heterocycles. The first kappa shape index (κ1) is 18.4. The van der Waals surface area contributed by atoms with Crippen molar-refractivity contribution < 1.29 is 9.53 Å². The topological polar surface area (TPSA) is 76.1 Å². The van der Waals surface area contributed by atoms with E-state index in [-0.39, 0.29) is 11.5 Å². The fourth-order valence-corrected chi connectivity index (χ4v) is 2.44. The second-order valence-corrected chi connectivity index (χ2v) is 6.52. The van der Waals surface area contributed by atoms with Crippen molar-refractivity contribution in [3.8, 4) is 0 Å². The molecule has 6 nitrogen and oxygen atoms in total. The zero-order valence-corrected chi connectivity index (χ0v) is 15.0. The Morgan fingerprint density at radius 2 is 2.17 bits per heavy atom. The molecular formula is C17H23N3O3S. The van der Waals surface area contributed by atoms with E-state index in [0.29, 0.717) is 40.3 Å². The molecule has 1 heterocycles. The van der Waals surface area contributed by atoms with Crippen LogP contribution in [0.1, 0.15) is 30.6 Å². The molecule has 2 N–H and O–H groups in total. The average Bonchev–Trinajstić information content (AvgIpc) is 2.55. The van der Waals surface area contributed by atoms with Gasteiger partial charge >= 0.3 is 0 Å². The van der Waals surface area contributed by atoms with Crippen molar-refractivity contribution in [2.45, 2.75) is 20.3 Å². The number of carbonyl (C=O) groups is 1. The zero-order valence-electron chi connectivity index (χ0n) is 14.2. The first-order valence-electron chi connectivity index (χ1n) is 7.99. The molecule has 2 aromatic rings. The highest BCUT2D eigenvalue weighted by atomic mass is 32.1. The van der Waals surface area contributed by atoms with Gasteiger partial charge in [-0.05, 0) is 42.8 Å². The minimum Gasteiger partial charge on any atom is -0.381 e. The first-order chi connectivity index (χ1) is 11.4. The van der Waals surface area contributed by atoms with Crippen molar-refractivity contribution in [2.75, 3.05) is 19.8 Å². The number of hydrogen-bond acceptors (Lipinski definition) is 4. The van der Waals surface area contributed by atoms with E-state index in [9.17, 15) is 9.59 Å². The van der Waals surface area contributed by atoms with Crippen LogP contribution in [-0.2, 0) is 11.8 Å². The lowest BCUT2D eigenvalue weighted by Crippen LogP contribution is -2.25. The molecular weight excluding hydrogens is 326 g/mol.